The topological polar surface area (TPSA) is 35.6 Å². The van der Waals surface area contributed by atoms with Gasteiger partial charge in [-0.15, -0.1) is 59.7 Å². The number of imidazole rings is 1. The van der Waals surface area contributed by atoms with Crippen LogP contribution in [0, 0.1) is 12.1 Å². The van der Waals surface area contributed by atoms with Crippen LogP contribution in [0.15, 0.2) is 170 Å². The van der Waals surface area contributed by atoms with Crippen LogP contribution in [-0.2, 0) is 20.1 Å². The van der Waals surface area contributed by atoms with Crippen molar-refractivity contribution in [1.29, 1.82) is 0 Å². The quantitative estimate of drug-likeness (QED) is 0.107. The van der Waals surface area contributed by atoms with Crippen molar-refractivity contribution in [1.82, 2.24) is 19.1 Å². The minimum Gasteiger partial charge on any atom is -0.351 e. The molecule has 69 heavy (non-hydrogen) atoms. The van der Waals surface area contributed by atoms with Crippen LogP contribution in [0.1, 0.15) is 94.2 Å². The summed E-state index contributed by atoms with van der Waals surface area (Å²) < 4.78 is 4.74. The van der Waals surface area contributed by atoms with Gasteiger partial charge in [0.1, 0.15) is 0 Å². The molecule has 0 amide bonds. The molecule has 0 atom stereocenters. The van der Waals surface area contributed by atoms with Gasteiger partial charge in [0.2, 0.25) is 0 Å². The Morgan fingerprint density at radius 3 is 1.88 bits per heavy atom. The summed E-state index contributed by atoms with van der Waals surface area (Å²) in [6.45, 7) is 16.5. The van der Waals surface area contributed by atoms with E-state index < -0.39 is 8.07 Å². The van der Waals surface area contributed by atoms with Crippen molar-refractivity contribution in [3.63, 3.8) is 0 Å². The van der Waals surface area contributed by atoms with E-state index in [9.17, 15) is 0 Å². The zero-order chi connectivity index (χ0) is 46.9. The second-order valence-electron chi connectivity index (χ2n) is 20.3. The SMILES string of the molecule is CC(C)c1cc(-c2ccccc2)cc(C(C)C)c1-n1c(-c2[c-]cc3c(c2)c2ccccc2n3-c2ccccc2)nc2ccccc21.C[Si](C)(C)c1cnc(-c2[c-]cccc2)cc1C1CCCCC1.[Ir]. The standard InChI is InChI=1S/C43H36N3.C20H26NSi.Ir/c1-28(2)35-26-32(30-15-7-5-8-16-30)27-36(29(3)4)42(35)46-41-22-14-12-20-38(41)44-43(46)31-23-24-40-37(25-31)34-19-11-13-21-39(34)45(40)33-17-9-6-10-18-33;1-22(2,3)20-15-21-19(17-12-8-5-9-13-17)14-18(20)16-10-6-4-7-11-16;/h5-22,24-29H,1-4H3;5,8-9,12,14-16H,4,6-7,10-11H2,1-3H3;/q2*-1;. The van der Waals surface area contributed by atoms with Gasteiger partial charge in [0, 0.05) is 43.2 Å². The van der Waals surface area contributed by atoms with Crippen molar-refractivity contribution in [2.24, 2.45) is 0 Å². The molecule has 11 rings (SSSR count). The molecule has 0 bridgehead atoms. The Morgan fingerprint density at radius 2 is 1.22 bits per heavy atom. The van der Waals surface area contributed by atoms with Crippen LogP contribution in [-0.4, -0.2) is 27.2 Å². The number of rotatable bonds is 9. The summed E-state index contributed by atoms with van der Waals surface area (Å²) >= 11 is 0. The Morgan fingerprint density at radius 1 is 0.580 bits per heavy atom. The zero-order valence-electron chi connectivity index (χ0n) is 41.1. The fourth-order valence-electron chi connectivity index (χ4n) is 10.5. The number of hydrogen-bond acceptors (Lipinski definition) is 2. The molecule has 3 heterocycles. The van der Waals surface area contributed by atoms with Crippen LogP contribution < -0.4 is 5.19 Å². The van der Waals surface area contributed by atoms with E-state index in [-0.39, 0.29) is 20.1 Å². The maximum absolute atomic E-state index is 5.32. The summed E-state index contributed by atoms with van der Waals surface area (Å²) in [5.74, 6) is 2.26. The summed E-state index contributed by atoms with van der Waals surface area (Å²) in [6.07, 6.45) is 9.03. The van der Waals surface area contributed by atoms with Gasteiger partial charge in [-0.1, -0.05) is 162 Å². The Kier molecular flexibility index (Phi) is 14.2. The van der Waals surface area contributed by atoms with Crippen LogP contribution in [0.5, 0.6) is 0 Å². The molecule has 0 aliphatic heterocycles. The number of pyridine rings is 1. The number of aromatic nitrogens is 4. The zero-order valence-corrected chi connectivity index (χ0v) is 44.5. The largest absolute Gasteiger partial charge is 0.351 e. The molecule has 0 N–H and O–H groups in total. The van der Waals surface area contributed by atoms with Gasteiger partial charge in [-0.25, -0.2) is 0 Å². The van der Waals surface area contributed by atoms with E-state index in [0.717, 1.165) is 50.8 Å². The van der Waals surface area contributed by atoms with Crippen molar-refractivity contribution >= 4 is 46.1 Å². The summed E-state index contributed by atoms with van der Waals surface area (Å²) in [5, 5.41) is 3.97. The van der Waals surface area contributed by atoms with Crippen LogP contribution >= 0.6 is 0 Å². The molecule has 0 saturated heterocycles. The molecule has 1 aliphatic rings. The smallest absolute Gasteiger partial charge is 0.0799 e. The Balaban J connectivity index is 0.000000217. The Bertz CT molecular complexity index is 3330. The molecule has 349 valence electrons. The van der Waals surface area contributed by atoms with Gasteiger partial charge in [0.05, 0.1) is 24.9 Å². The maximum atomic E-state index is 5.32. The van der Waals surface area contributed by atoms with Gasteiger partial charge in [-0.2, -0.15) is 0 Å². The molecule has 4 nitrogen and oxygen atoms in total. The first-order valence-corrected chi connectivity index (χ1v) is 28.2. The van der Waals surface area contributed by atoms with Crippen LogP contribution in [0.25, 0.3) is 78.0 Å². The van der Waals surface area contributed by atoms with E-state index in [0.29, 0.717) is 11.8 Å². The van der Waals surface area contributed by atoms with Crippen molar-refractivity contribution in [2.75, 3.05) is 0 Å². The molecule has 0 spiro atoms. The molecule has 6 heteroatoms. The minimum atomic E-state index is -1.36. The average Bonchev–Trinajstić information content (AvgIpc) is 3.92. The molecule has 1 radical (unpaired) electrons. The van der Waals surface area contributed by atoms with E-state index in [1.165, 1.54) is 76.3 Å². The summed E-state index contributed by atoms with van der Waals surface area (Å²) in [7, 11) is -1.36. The average molecular weight is 1100 g/mol. The molecule has 3 aromatic heterocycles. The second kappa shape index (κ2) is 20.4. The molecule has 0 unspecified atom stereocenters. The van der Waals surface area contributed by atoms with Crippen LogP contribution in [0.3, 0.4) is 0 Å². The number of hydrogen-bond donors (Lipinski definition) is 0. The number of fused-ring (bicyclic) bond motifs is 4. The first-order valence-electron chi connectivity index (χ1n) is 24.7. The van der Waals surface area contributed by atoms with E-state index in [1.54, 1.807) is 10.8 Å². The summed E-state index contributed by atoms with van der Waals surface area (Å²) in [4.78, 5) is 10.1. The third kappa shape index (κ3) is 9.60. The molecule has 7 aromatic carbocycles. The number of nitrogens with zero attached hydrogens (tertiary/aromatic N) is 4. The molecule has 10 aromatic rings. The Labute approximate surface area is 423 Å². The minimum absolute atomic E-state index is 0. The predicted octanol–water partition coefficient (Wildman–Crippen LogP) is 16.6. The molecule has 1 aliphatic carbocycles. The number of benzene rings is 7. The summed E-state index contributed by atoms with van der Waals surface area (Å²) in [5.41, 5.74) is 16.7. The summed E-state index contributed by atoms with van der Waals surface area (Å²) in [6, 6.07) is 65.3. The second-order valence-corrected chi connectivity index (χ2v) is 25.3. The van der Waals surface area contributed by atoms with Crippen LogP contribution in [0.2, 0.25) is 19.6 Å². The van der Waals surface area contributed by atoms with Gasteiger partial charge >= 0.3 is 0 Å². The van der Waals surface area contributed by atoms with Crippen molar-refractivity contribution in [3.05, 3.63) is 199 Å². The van der Waals surface area contributed by atoms with Gasteiger partial charge in [0.25, 0.3) is 0 Å². The molecular formula is C63H62IrN4Si-2. The Hall–Kier alpha value is -6.17. The third-order valence-electron chi connectivity index (χ3n) is 13.9. The van der Waals surface area contributed by atoms with Gasteiger partial charge < -0.3 is 14.1 Å². The number of para-hydroxylation sites is 4. The molecule has 1 fully saturated rings. The first-order chi connectivity index (χ1) is 33.0. The monoisotopic (exact) mass is 1100 g/mol. The van der Waals surface area contributed by atoms with Crippen molar-refractivity contribution in [3.8, 4) is 45.1 Å². The van der Waals surface area contributed by atoms with Gasteiger partial charge in [0.15, 0.2) is 0 Å². The third-order valence-corrected chi connectivity index (χ3v) is 16.0. The molecule has 1 saturated carbocycles. The normalized spacial score (nSPS) is 13.2. The fraction of sp³-hybridized carbons (Fsp3) is 0.238. The van der Waals surface area contributed by atoms with E-state index in [2.05, 4.69) is 226 Å². The predicted molar refractivity (Wildman–Crippen MR) is 291 cm³/mol. The van der Waals surface area contributed by atoms with Gasteiger partial charge in [-0.3, -0.25) is 4.98 Å². The van der Waals surface area contributed by atoms with Crippen LogP contribution in [0.4, 0.5) is 0 Å². The van der Waals surface area contributed by atoms with Gasteiger partial charge in [-0.05, 0) is 117 Å². The first kappa shape index (κ1) is 47.9. The van der Waals surface area contributed by atoms with Crippen molar-refractivity contribution < 1.29 is 20.1 Å². The van der Waals surface area contributed by atoms with E-state index >= 15 is 0 Å². The van der Waals surface area contributed by atoms with E-state index in [4.69, 9.17) is 9.97 Å². The fourth-order valence-corrected chi connectivity index (χ4v) is 12.1. The van der Waals surface area contributed by atoms with Crippen molar-refractivity contribution in [2.45, 2.75) is 97.2 Å². The molecular weight excluding hydrogens is 1030 g/mol. The maximum Gasteiger partial charge on any atom is 0.0799 e. The van der Waals surface area contributed by atoms with E-state index in [1.807, 2.05) is 12.1 Å².